The Labute approximate surface area is 144 Å². The van der Waals surface area contributed by atoms with E-state index in [2.05, 4.69) is 22.4 Å². The zero-order chi connectivity index (χ0) is 16.4. The number of thiazole rings is 1. The number of carbonyl (C=O) groups excluding carboxylic acids is 1. The molecule has 24 heavy (non-hydrogen) atoms. The Morgan fingerprint density at radius 3 is 2.96 bits per heavy atom. The lowest BCUT2D eigenvalue weighted by atomic mass is 9.96. The summed E-state index contributed by atoms with van der Waals surface area (Å²) in [5.74, 6) is -0.00374. The third kappa shape index (κ3) is 3.18. The van der Waals surface area contributed by atoms with Gasteiger partial charge in [-0.05, 0) is 29.7 Å². The van der Waals surface area contributed by atoms with Crippen LogP contribution >= 0.6 is 11.3 Å². The van der Waals surface area contributed by atoms with E-state index in [4.69, 9.17) is 4.74 Å². The summed E-state index contributed by atoms with van der Waals surface area (Å²) in [4.78, 5) is 16.8. The van der Waals surface area contributed by atoms with E-state index in [0.717, 1.165) is 27.2 Å². The minimum Gasteiger partial charge on any atom is -0.373 e. The van der Waals surface area contributed by atoms with Gasteiger partial charge in [0, 0.05) is 0 Å². The highest BCUT2D eigenvalue weighted by Gasteiger charge is 2.23. The Morgan fingerprint density at radius 1 is 1.21 bits per heavy atom. The Hall–Kier alpha value is -2.24. The molecule has 0 radical (unpaired) electrons. The van der Waals surface area contributed by atoms with Crippen molar-refractivity contribution in [2.75, 3.05) is 6.61 Å². The molecule has 1 aliphatic heterocycles. The molecular weight excluding hydrogens is 320 g/mol. The van der Waals surface area contributed by atoms with E-state index in [1.807, 2.05) is 36.4 Å². The number of hydrogen-bond acceptors (Lipinski definition) is 4. The van der Waals surface area contributed by atoms with Gasteiger partial charge in [0.1, 0.15) is 5.01 Å². The van der Waals surface area contributed by atoms with Crippen LogP contribution in [0.1, 0.15) is 28.7 Å². The maximum Gasteiger partial charge on any atom is 0.223 e. The Bertz CT molecular complexity index is 841. The molecule has 2 heterocycles. The van der Waals surface area contributed by atoms with Crippen molar-refractivity contribution in [3.63, 3.8) is 0 Å². The number of fused-ring (bicyclic) bond motifs is 2. The average Bonchev–Trinajstić information content (AvgIpc) is 3.03. The molecule has 2 aromatic carbocycles. The Balaban J connectivity index is 1.39. The molecule has 0 saturated carbocycles. The number of nitrogens with one attached hydrogen (secondary N) is 1. The first-order valence-electron chi connectivity index (χ1n) is 8.10. The van der Waals surface area contributed by atoms with E-state index in [1.165, 1.54) is 5.56 Å². The minimum absolute atomic E-state index is 0.00374. The van der Waals surface area contributed by atoms with Crippen molar-refractivity contribution in [3.8, 4) is 0 Å². The summed E-state index contributed by atoms with van der Waals surface area (Å²) in [5.41, 5.74) is 3.41. The van der Waals surface area contributed by atoms with Crippen molar-refractivity contribution in [2.24, 2.45) is 0 Å². The number of benzene rings is 2. The number of ether oxygens (including phenoxy) is 1. The summed E-state index contributed by atoms with van der Waals surface area (Å²) in [6, 6.07) is 16.2. The molecule has 3 aromatic rings. The zero-order valence-electron chi connectivity index (χ0n) is 13.2. The molecule has 1 aromatic heterocycles. The van der Waals surface area contributed by atoms with Gasteiger partial charge in [0.25, 0.3) is 0 Å². The van der Waals surface area contributed by atoms with E-state index in [1.54, 1.807) is 11.3 Å². The highest BCUT2D eigenvalue weighted by atomic mass is 32.1. The second-order valence-electron chi connectivity index (χ2n) is 5.86. The summed E-state index contributed by atoms with van der Waals surface area (Å²) < 4.78 is 6.95. The first-order valence-corrected chi connectivity index (χ1v) is 8.92. The second kappa shape index (κ2) is 6.71. The molecule has 1 aliphatic rings. The quantitative estimate of drug-likeness (QED) is 0.790. The summed E-state index contributed by atoms with van der Waals surface area (Å²) in [5, 5.41) is 3.89. The number of aromatic nitrogens is 1. The van der Waals surface area contributed by atoms with Crippen LogP contribution in [0.5, 0.6) is 0 Å². The van der Waals surface area contributed by atoms with Crippen LogP contribution in [0.4, 0.5) is 0 Å². The fraction of sp³-hybridized carbons (Fsp3) is 0.263. The molecule has 122 valence electrons. The van der Waals surface area contributed by atoms with Gasteiger partial charge in [-0.1, -0.05) is 36.4 Å². The zero-order valence-corrected chi connectivity index (χ0v) is 14.0. The number of hydrogen-bond donors (Lipinski definition) is 1. The van der Waals surface area contributed by atoms with Crippen LogP contribution in [0, 0.1) is 0 Å². The van der Waals surface area contributed by atoms with Crippen LogP contribution in [0.25, 0.3) is 10.2 Å². The SMILES string of the molecule is O=C(CC1OCCc2ccccc21)NCc1nc2ccccc2s1. The predicted octanol–water partition coefficient (Wildman–Crippen LogP) is 3.62. The van der Waals surface area contributed by atoms with Crippen molar-refractivity contribution in [1.82, 2.24) is 10.3 Å². The van der Waals surface area contributed by atoms with E-state index >= 15 is 0 Å². The fourth-order valence-corrected chi connectivity index (χ4v) is 3.96. The smallest absolute Gasteiger partial charge is 0.223 e. The molecule has 1 atom stereocenters. The topological polar surface area (TPSA) is 51.2 Å². The van der Waals surface area contributed by atoms with Crippen molar-refractivity contribution >= 4 is 27.5 Å². The minimum atomic E-state index is -0.148. The molecule has 0 fully saturated rings. The van der Waals surface area contributed by atoms with E-state index in [-0.39, 0.29) is 12.0 Å². The van der Waals surface area contributed by atoms with Crippen LogP contribution in [0.3, 0.4) is 0 Å². The molecule has 0 aliphatic carbocycles. The lowest BCUT2D eigenvalue weighted by molar-refractivity contribution is -0.124. The molecular formula is C19H18N2O2S. The molecule has 0 saturated heterocycles. The fourth-order valence-electron chi connectivity index (χ4n) is 3.06. The summed E-state index contributed by atoms with van der Waals surface area (Å²) >= 11 is 1.62. The van der Waals surface area contributed by atoms with Gasteiger partial charge >= 0.3 is 0 Å². The number of carbonyl (C=O) groups is 1. The Kier molecular flexibility index (Phi) is 4.28. The van der Waals surface area contributed by atoms with Gasteiger partial charge in [-0.15, -0.1) is 11.3 Å². The standard InChI is InChI=1S/C19H18N2O2S/c22-18(11-16-14-6-2-1-5-13(14)9-10-23-16)20-12-19-21-15-7-3-4-8-17(15)24-19/h1-8,16H,9-12H2,(H,20,22). The van der Waals surface area contributed by atoms with E-state index in [0.29, 0.717) is 19.6 Å². The maximum absolute atomic E-state index is 12.3. The van der Waals surface area contributed by atoms with Gasteiger partial charge in [-0.3, -0.25) is 4.79 Å². The molecule has 4 nitrogen and oxygen atoms in total. The van der Waals surface area contributed by atoms with Crippen LogP contribution < -0.4 is 5.32 Å². The normalized spacial score (nSPS) is 16.8. The van der Waals surface area contributed by atoms with E-state index < -0.39 is 0 Å². The third-order valence-corrected chi connectivity index (χ3v) is 5.27. The highest BCUT2D eigenvalue weighted by Crippen LogP contribution is 2.29. The maximum atomic E-state index is 12.3. The summed E-state index contributed by atoms with van der Waals surface area (Å²) in [6.07, 6.45) is 1.12. The molecule has 4 rings (SSSR count). The lowest BCUT2D eigenvalue weighted by Gasteiger charge is -2.25. The second-order valence-corrected chi connectivity index (χ2v) is 6.98. The van der Waals surface area contributed by atoms with Crippen LogP contribution in [0.15, 0.2) is 48.5 Å². The predicted molar refractivity (Wildman–Crippen MR) is 94.9 cm³/mol. The largest absolute Gasteiger partial charge is 0.373 e. The average molecular weight is 338 g/mol. The van der Waals surface area contributed by atoms with Crippen molar-refractivity contribution in [2.45, 2.75) is 25.5 Å². The monoisotopic (exact) mass is 338 g/mol. The van der Waals surface area contributed by atoms with Gasteiger partial charge in [-0.2, -0.15) is 0 Å². The molecule has 5 heteroatoms. The van der Waals surface area contributed by atoms with Gasteiger partial charge in [0.05, 0.1) is 35.9 Å². The van der Waals surface area contributed by atoms with Crippen molar-refractivity contribution in [3.05, 3.63) is 64.7 Å². The summed E-state index contributed by atoms with van der Waals surface area (Å²) in [7, 11) is 0. The van der Waals surface area contributed by atoms with Gasteiger partial charge in [0.2, 0.25) is 5.91 Å². The third-order valence-electron chi connectivity index (χ3n) is 4.24. The lowest BCUT2D eigenvalue weighted by Crippen LogP contribution is -2.27. The first-order chi connectivity index (χ1) is 11.8. The number of amides is 1. The van der Waals surface area contributed by atoms with Crippen LogP contribution in [-0.2, 0) is 22.5 Å². The number of para-hydroxylation sites is 1. The molecule has 1 N–H and O–H groups in total. The van der Waals surface area contributed by atoms with E-state index in [9.17, 15) is 4.79 Å². The van der Waals surface area contributed by atoms with Gasteiger partial charge in [-0.25, -0.2) is 4.98 Å². The van der Waals surface area contributed by atoms with Gasteiger partial charge in [0.15, 0.2) is 0 Å². The molecule has 1 unspecified atom stereocenters. The number of rotatable bonds is 4. The molecule has 1 amide bonds. The molecule has 0 bridgehead atoms. The number of nitrogens with zero attached hydrogens (tertiary/aromatic N) is 1. The highest BCUT2D eigenvalue weighted by molar-refractivity contribution is 7.18. The van der Waals surface area contributed by atoms with Crippen molar-refractivity contribution < 1.29 is 9.53 Å². The Morgan fingerprint density at radius 2 is 2.04 bits per heavy atom. The van der Waals surface area contributed by atoms with Crippen LogP contribution in [-0.4, -0.2) is 17.5 Å². The van der Waals surface area contributed by atoms with Crippen molar-refractivity contribution in [1.29, 1.82) is 0 Å². The molecule has 0 spiro atoms. The van der Waals surface area contributed by atoms with Crippen LogP contribution in [0.2, 0.25) is 0 Å². The van der Waals surface area contributed by atoms with Gasteiger partial charge < -0.3 is 10.1 Å². The summed E-state index contributed by atoms with van der Waals surface area (Å²) in [6.45, 7) is 1.14. The first kappa shape index (κ1) is 15.3.